The predicted molar refractivity (Wildman–Crippen MR) is 94.1 cm³/mol. The van der Waals surface area contributed by atoms with Crippen molar-refractivity contribution in [1.82, 2.24) is 9.80 Å². The smallest absolute Gasteiger partial charge is 0.409 e. The number of nitrogens with zero attached hydrogens (tertiary/aromatic N) is 3. The lowest BCUT2D eigenvalue weighted by atomic mass is 10.2. The van der Waals surface area contributed by atoms with Crippen molar-refractivity contribution in [2.45, 2.75) is 20.0 Å². The standard InChI is InChI=1S/C18H23N3O5/c1-3-25-18(24)20-10-8-19(9-11-20)16(22)12-21-14-6-4-5-7-15(14)26-13(2)17(21)23/h4-7,13H,3,8-12H2,1-2H3. The van der Waals surface area contributed by atoms with Gasteiger partial charge in [0.2, 0.25) is 5.91 Å². The number of carbonyl (C=O) groups excluding carboxylic acids is 3. The van der Waals surface area contributed by atoms with Crippen molar-refractivity contribution in [3.05, 3.63) is 24.3 Å². The molecular weight excluding hydrogens is 338 g/mol. The zero-order valence-corrected chi connectivity index (χ0v) is 15.0. The average molecular weight is 361 g/mol. The van der Waals surface area contributed by atoms with Gasteiger partial charge in [-0.1, -0.05) is 12.1 Å². The highest BCUT2D eigenvalue weighted by molar-refractivity contribution is 6.03. The van der Waals surface area contributed by atoms with E-state index >= 15 is 0 Å². The molecule has 8 nitrogen and oxygen atoms in total. The lowest BCUT2D eigenvalue weighted by Gasteiger charge is -2.37. The van der Waals surface area contributed by atoms with E-state index in [0.717, 1.165) is 0 Å². The van der Waals surface area contributed by atoms with E-state index in [-0.39, 0.29) is 24.5 Å². The first kappa shape index (κ1) is 18.0. The minimum Gasteiger partial charge on any atom is -0.479 e. The van der Waals surface area contributed by atoms with Crippen molar-refractivity contribution >= 4 is 23.6 Å². The molecule has 0 aliphatic carbocycles. The number of hydrogen-bond acceptors (Lipinski definition) is 5. The first-order chi connectivity index (χ1) is 12.5. The van der Waals surface area contributed by atoms with E-state index in [1.807, 2.05) is 6.07 Å². The molecule has 1 unspecified atom stereocenters. The Labute approximate surface area is 152 Å². The largest absolute Gasteiger partial charge is 0.479 e. The van der Waals surface area contributed by atoms with Gasteiger partial charge >= 0.3 is 6.09 Å². The molecule has 2 aliphatic rings. The molecule has 1 atom stereocenters. The molecule has 0 radical (unpaired) electrons. The fourth-order valence-corrected chi connectivity index (χ4v) is 3.11. The van der Waals surface area contributed by atoms with Crippen LogP contribution in [0.3, 0.4) is 0 Å². The number of amides is 3. The Kier molecular flexibility index (Phi) is 5.29. The molecule has 0 bridgehead atoms. The predicted octanol–water partition coefficient (Wildman–Crippen LogP) is 1.10. The number of fused-ring (bicyclic) bond motifs is 1. The van der Waals surface area contributed by atoms with Crippen molar-refractivity contribution in [1.29, 1.82) is 0 Å². The Morgan fingerprint density at radius 3 is 2.50 bits per heavy atom. The van der Waals surface area contributed by atoms with Crippen molar-refractivity contribution in [3.8, 4) is 5.75 Å². The maximum Gasteiger partial charge on any atom is 0.409 e. The Morgan fingerprint density at radius 2 is 1.81 bits per heavy atom. The average Bonchev–Trinajstić information content (AvgIpc) is 2.65. The summed E-state index contributed by atoms with van der Waals surface area (Å²) in [5.74, 6) is 0.215. The van der Waals surface area contributed by atoms with Crippen LogP contribution in [0.2, 0.25) is 0 Å². The number of anilines is 1. The Bertz CT molecular complexity index is 700. The molecule has 26 heavy (non-hydrogen) atoms. The number of hydrogen-bond donors (Lipinski definition) is 0. The van der Waals surface area contributed by atoms with E-state index in [1.54, 1.807) is 41.8 Å². The summed E-state index contributed by atoms with van der Waals surface area (Å²) in [5, 5.41) is 0. The number of carbonyl (C=O) groups is 3. The normalized spacial score (nSPS) is 19.7. The lowest BCUT2D eigenvalue weighted by Crippen LogP contribution is -2.54. The van der Waals surface area contributed by atoms with Gasteiger partial charge in [-0.2, -0.15) is 0 Å². The van der Waals surface area contributed by atoms with E-state index in [4.69, 9.17) is 9.47 Å². The third-order valence-corrected chi connectivity index (χ3v) is 4.53. The van der Waals surface area contributed by atoms with Crippen LogP contribution in [-0.4, -0.2) is 73.1 Å². The second-order valence-electron chi connectivity index (χ2n) is 6.22. The molecule has 0 N–H and O–H groups in total. The molecule has 3 rings (SSSR count). The molecule has 0 saturated carbocycles. The van der Waals surface area contributed by atoms with Gasteiger partial charge in [0.25, 0.3) is 5.91 Å². The van der Waals surface area contributed by atoms with Crippen LogP contribution in [0, 0.1) is 0 Å². The first-order valence-electron chi connectivity index (χ1n) is 8.77. The second-order valence-corrected chi connectivity index (χ2v) is 6.22. The summed E-state index contributed by atoms with van der Waals surface area (Å²) in [6.07, 6.45) is -0.982. The van der Waals surface area contributed by atoms with Crippen LogP contribution in [0.15, 0.2) is 24.3 Å². The third kappa shape index (κ3) is 3.58. The molecule has 0 spiro atoms. The summed E-state index contributed by atoms with van der Waals surface area (Å²) in [6.45, 7) is 5.42. The number of piperazine rings is 1. The fourth-order valence-electron chi connectivity index (χ4n) is 3.11. The van der Waals surface area contributed by atoms with Gasteiger partial charge in [-0.05, 0) is 26.0 Å². The minimum absolute atomic E-state index is 0.0387. The quantitative estimate of drug-likeness (QED) is 0.806. The molecule has 1 fully saturated rings. The molecular formula is C18H23N3O5. The van der Waals surface area contributed by atoms with Crippen molar-refractivity contribution in [3.63, 3.8) is 0 Å². The highest BCUT2D eigenvalue weighted by Crippen LogP contribution is 2.33. The zero-order valence-electron chi connectivity index (χ0n) is 15.0. The van der Waals surface area contributed by atoms with E-state index in [0.29, 0.717) is 44.2 Å². The number of ether oxygens (including phenoxy) is 2. The summed E-state index contributed by atoms with van der Waals surface area (Å²) >= 11 is 0. The molecule has 1 aromatic rings. The van der Waals surface area contributed by atoms with Crippen LogP contribution in [-0.2, 0) is 14.3 Å². The topological polar surface area (TPSA) is 79.4 Å². The number of rotatable bonds is 3. The first-order valence-corrected chi connectivity index (χ1v) is 8.77. The molecule has 1 aromatic carbocycles. The van der Waals surface area contributed by atoms with Gasteiger partial charge in [0, 0.05) is 26.2 Å². The van der Waals surface area contributed by atoms with Crippen molar-refractivity contribution in [2.75, 3.05) is 44.2 Å². The monoisotopic (exact) mass is 361 g/mol. The van der Waals surface area contributed by atoms with E-state index in [9.17, 15) is 14.4 Å². The maximum atomic E-state index is 12.7. The molecule has 140 valence electrons. The Balaban J connectivity index is 1.64. The maximum absolute atomic E-state index is 12.7. The van der Waals surface area contributed by atoms with Crippen LogP contribution in [0.25, 0.3) is 0 Å². The fraction of sp³-hybridized carbons (Fsp3) is 0.500. The summed E-state index contributed by atoms with van der Waals surface area (Å²) < 4.78 is 10.6. The van der Waals surface area contributed by atoms with E-state index in [2.05, 4.69) is 0 Å². The van der Waals surface area contributed by atoms with Gasteiger partial charge in [-0.3, -0.25) is 14.5 Å². The van der Waals surface area contributed by atoms with E-state index in [1.165, 1.54) is 4.90 Å². The Hall–Kier alpha value is -2.77. The van der Waals surface area contributed by atoms with Gasteiger partial charge in [-0.15, -0.1) is 0 Å². The Morgan fingerprint density at radius 1 is 1.15 bits per heavy atom. The van der Waals surface area contributed by atoms with Crippen LogP contribution in [0.5, 0.6) is 5.75 Å². The third-order valence-electron chi connectivity index (χ3n) is 4.53. The van der Waals surface area contributed by atoms with Gasteiger partial charge in [-0.25, -0.2) is 4.79 Å². The lowest BCUT2D eigenvalue weighted by molar-refractivity contribution is -0.134. The van der Waals surface area contributed by atoms with Crippen molar-refractivity contribution in [2.24, 2.45) is 0 Å². The summed E-state index contributed by atoms with van der Waals surface area (Å²) in [6, 6.07) is 7.19. The van der Waals surface area contributed by atoms with Crippen LogP contribution < -0.4 is 9.64 Å². The molecule has 3 amide bonds. The van der Waals surface area contributed by atoms with Crippen LogP contribution in [0.1, 0.15) is 13.8 Å². The highest BCUT2D eigenvalue weighted by atomic mass is 16.6. The summed E-state index contributed by atoms with van der Waals surface area (Å²) in [4.78, 5) is 41.6. The van der Waals surface area contributed by atoms with Crippen LogP contribution >= 0.6 is 0 Å². The second kappa shape index (κ2) is 7.63. The molecule has 8 heteroatoms. The molecule has 1 saturated heterocycles. The van der Waals surface area contributed by atoms with Gasteiger partial charge in [0.15, 0.2) is 6.10 Å². The minimum atomic E-state index is -0.627. The highest BCUT2D eigenvalue weighted by Gasteiger charge is 2.34. The van der Waals surface area contributed by atoms with Crippen molar-refractivity contribution < 1.29 is 23.9 Å². The number of benzene rings is 1. The van der Waals surface area contributed by atoms with E-state index < -0.39 is 6.10 Å². The SMILES string of the molecule is CCOC(=O)N1CCN(C(=O)CN2C(=O)C(C)Oc3ccccc32)CC1. The molecule has 0 aromatic heterocycles. The summed E-state index contributed by atoms with van der Waals surface area (Å²) in [5.41, 5.74) is 0.606. The zero-order chi connectivity index (χ0) is 18.7. The van der Waals surface area contributed by atoms with Crippen LogP contribution in [0.4, 0.5) is 10.5 Å². The molecule has 2 aliphatic heterocycles. The summed E-state index contributed by atoms with van der Waals surface area (Å²) in [7, 11) is 0. The van der Waals surface area contributed by atoms with Gasteiger partial charge < -0.3 is 19.3 Å². The number of para-hydroxylation sites is 2. The van der Waals surface area contributed by atoms with Gasteiger partial charge in [0.1, 0.15) is 12.3 Å². The van der Waals surface area contributed by atoms with Gasteiger partial charge in [0.05, 0.1) is 12.3 Å². The molecule has 2 heterocycles.